The van der Waals surface area contributed by atoms with Crippen LogP contribution in [0.15, 0.2) is 140 Å². The number of aryl methyl sites for hydroxylation is 4. The van der Waals surface area contributed by atoms with Gasteiger partial charge in [-0.3, -0.25) is 0 Å². The van der Waals surface area contributed by atoms with Crippen LogP contribution < -0.4 is 10.9 Å². The first-order chi connectivity index (χ1) is 28.3. The van der Waals surface area contributed by atoms with Crippen LogP contribution >= 0.6 is 0 Å². The Bertz CT molecular complexity index is 3480. The molecule has 0 saturated heterocycles. The average Bonchev–Trinajstić information content (AvgIpc) is 3.75. The normalized spacial score (nSPS) is 12.5. The first kappa shape index (κ1) is 33.1. The van der Waals surface area contributed by atoms with Crippen LogP contribution in [0.4, 0.5) is 0 Å². The Morgan fingerprint density at radius 2 is 1.12 bits per heavy atom. The lowest BCUT2D eigenvalue weighted by Crippen LogP contribution is -2.55. The monoisotopic (exact) mass is 739 g/mol. The molecule has 4 heteroatoms. The number of benzene rings is 8. The molecule has 0 N–H and O–H groups in total. The van der Waals surface area contributed by atoms with E-state index in [-0.39, 0.29) is 6.85 Å². The van der Waals surface area contributed by atoms with Gasteiger partial charge in [0.1, 0.15) is 0 Å². The molecule has 0 unspecified atom stereocenters. The fraction of sp³-hybridized carbons (Fsp3) is 0.0926. The third-order valence-electron chi connectivity index (χ3n) is 13.4. The Hall–Kier alpha value is -7.09. The summed E-state index contributed by atoms with van der Waals surface area (Å²) in [5, 5.41) is 14.8. The molecule has 12 rings (SSSR count). The highest BCUT2D eigenvalue weighted by Gasteiger charge is 2.42. The fourth-order valence-electron chi connectivity index (χ4n) is 11.0. The highest BCUT2D eigenvalue weighted by atomic mass is 15.0. The molecule has 10 aromatic rings. The summed E-state index contributed by atoms with van der Waals surface area (Å²) in [5.74, 6) is 0. The van der Waals surface area contributed by atoms with Gasteiger partial charge in [0.05, 0.1) is 22.7 Å². The second-order valence-electron chi connectivity index (χ2n) is 16.6. The number of nitriles is 1. The maximum atomic E-state index is 9.74. The van der Waals surface area contributed by atoms with E-state index in [1.807, 2.05) is 12.1 Å². The van der Waals surface area contributed by atoms with Gasteiger partial charge < -0.3 is 9.05 Å². The summed E-state index contributed by atoms with van der Waals surface area (Å²) in [5.41, 5.74) is 26.0. The molecular weight excluding hydrogens is 701 g/mol. The van der Waals surface area contributed by atoms with Crippen molar-refractivity contribution in [3.05, 3.63) is 173 Å². The molecule has 4 heterocycles. The third-order valence-corrected chi connectivity index (χ3v) is 13.4. The van der Waals surface area contributed by atoms with Crippen LogP contribution in [0, 0.1) is 45.9 Å². The highest BCUT2D eigenvalue weighted by molar-refractivity contribution is 6.90. The molecule has 3 nitrogen and oxygen atoms in total. The van der Waals surface area contributed by atoms with E-state index in [2.05, 4.69) is 177 Å². The van der Waals surface area contributed by atoms with Gasteiger partial charge in [0, 0.05) is 43.8 Å². The van der Waals surface area contributed by atoms with Crippen LogP contribution in [0.3, 0.4) is 0 Å². The lowest BCUT2D eigenvalue weighted by atomic mass is 9.45. The van der Waals surface area contributed by atoms with Gasteiger partial charge in [-0.1, -0.05) is 91.0 Å². The predicted octanol–water partition coefficient (Wildman–Crippen LogP) is 12.3. The van der Waals surface area contributed by atoms with Gasteiger partial charge in [0.15, 0.2) is 0 Å². The zero-order chi connectivity index (χ0) is 39.1. The molecule has 0 bridgehead atoms. The molecule has 0 saturated carbocycles. The maximum Gasteiger partial charge on any atom is 0.333 e. The second-order valence-corrected chi connectivity index (χ2v) is 16.6. The summed E-state index contributed by atoms with van der Waals surface area (Å²) >= 11 is 0. The zero-order valence-electron chi connectivity index (χ0n) is 33.2. The van der Waals surface area contributed by atoms with E-state index in [1.165, 1.54) is 127 Å². The van der Waals surface area contributed by atoms with Gasteiger partial charge in [-0.2, -0.15) is 5.26 Å². The smallest absolute Gasteiger partial charge is 0.333 e. The molecule has 0 fully saturated rings. The Morgan fingerprint density at radius 1 is 0.483 bits per heavy atom. The van der Waals surface area contributed by atoms with Crippen LogP contribution in [-0.4, -0.2) is 15.9 Å². The number of rotatable bonds is 3. The number of fused-ring (bicyclic) bond motifs is 10. The molecule has 2 aliphatic rings. The quantitative estimate of drug-likeness (QED) is 0.166. The SMILES string of the molecule is Cc1cccc(C)c1-c1ccc2c(c1)c1cc(-c3c(C)cccc3C)cc3c1n2B1c2c(cc(-c4ccc(C#N)cc4)c(C)c2-3)-n2c3ccccc3c3cccc1c32. The van der Waals surface area contributed by atoms with Gasteiger partial charge in [0.2, 0.25) is 0 Å². The van der Waals surface area contributed by atoms with Crippen molar-refractivity contribution in [3.63, 3.8) is 0 Å². The highest BCUT2D eigenvalue weighted by Crippen LogP contribution is 2.48. The Morgan fingerprint density at radius 3 is 1.84 bits per heavy atom. The Kier molecular flexibility index (Phi) is 6.69. The van der Waals surface area contributed by atoms with Gasteiger partial charge in [-0.25, -0.2) is 0 Å². The summed E-state index contributed by atoms with van der Waals surface area (Å²) in [6.07, 6.45) is 0. The Labute approximate surface area is 338 Å². The molecule has 272 valence electrons. The van der Waals surface area contributed by atoms with Crippen molar-refractivity contribution in [3.8, 4) is 56.3 Å². The molecule has 0 aliphatic carbocycles. The first-order valence-electron chi connectivity index (χ1n) is 20.3. The third kappa shape index (κ3) is 4.23. The molecule has 0 spiro atoms. The zero-order valence-corrected chi connectivity index (χ0v) is 33.2. The van der Waals surface area contributed by atoms with Gasteiger partial charge in [-0.05, 0) is 161 Å². The van der Waals surface area contributed by atoms with Crippen molar-refractivity contribution in [1.29, 1.82) is 5.26 Å². The minimum absolute atomic E-state index is 0.0381. The molecule has 8 aromatic carbocycles. The summed E-state index contributed by atoms with van der Waals surface area (Å²) in [4.78, 5) is 0. The number of hydrogen-bond acceptors (Lipinski definition) is 1. The van der Waals surface area contributed by atoms with Crippen LogP contribution in [0.5, 0.6) is 0 Å². The van der Waals surface area contributed by atoms with Crippen LogP contribution in [0.2, 0.25) is 0 Å². The predicted molar refractivity (Wildman–Crippen MR) is 244 cm³/mol. The van der Waals surface area contributed by atoms with Crippen LogP contribution in [0.25, 0.3) is 93.8 Å². The molecule has 58 heavy (non-hydrogen) atoms. The van der Waals surface area contributed by atoms with Crippen LogP contribution in [-0.2, 0) is 0 Å². The fourth-order valence-corrected chi connectivity index (χ4v) is 11.0. The number of para-hydroxylation sites is 2. The minimum atomic E-state index is -0.0381. The molecule has 0 atom stereocenters. The second kappa shape index (κ2) is 11.7. The van der Waals surface area contributed by atoms with E-state index < -0.39 is 0 Å². The van der Waals surface area contributed by atoms with Crippen LogP contribution in [0.1, 0.15) is 33.4 Å². The summed E-state index contributed by atoms with van der Waals surface area (Å²) < 4.78 is 5.23. The van der Waals surface area contributed by atoms with Crippen molar-refractivity contribution in [2.24, 2.45) is 0 Å². The largest absolute Gasteiger partial charge is 0.375 e. The topological polar surface area (TPSA) is 33.6 Å². The van der Waals surface area contributed by atoms with E-state index in [0.717, 1.165) is 5.56 Å². The average molecular weight is 740 g/mol. The van der Waals surface area contributed by atoms with E-state index in [4.69, 9.17) is 0 Å². The lowest BCUT2D eigenvalue weighted by molar-refractivity contribution is 1.17. The summed E-state index contributed by atoms with van der Waals surface area (Å²) in [6.45, 7) is 11.2. The molecule has 2 aliphatic heterocycles. The number of aromatic nitrogens is 2. The first-order valence-corrected chi connectivity index (χ1v) is 20.3. The maximum absolute atomic E-state index is 9.74. The van der Waals surface area contributed by atoms with Crippen molar-refractivity contribution < 1.29 is 0 Å². The van der Waals surface area contributed by atoms with E-state index in [9.17, 15) is 5.26 Å². The standard InChI is InChI=1S/C54H38BN3/c1-30-11-8-12-31(2)49(30)37-23-24-47-42(25-37)43-26-38(50-32(3)13-9-14-33(50)4)27-44-51-34(5)41(36-21-19-35(29-56)20-22-36)28-48-52(51)55(58(47)53(43)44)45-17-10-16-40-39-15-6-7-18-46(39)57(48)54(40)45/h6-28H,1-5H3. The lowest BCUT2D eigenvalue weighted by Gasteiger charge is -2.36. The molecule has 0 amide bonds. The van der Waals surface area contributed by atoms with E-state index in [1.54, 1.807) is 0 Å². The van der Waals surface area contributed by atoms with Crippen molar-refractivity contribution in [1.82, 2.24) is 9.05 Å². The van der Waals surface area contributed by atoms with Crippen molar-refractivity contribution >= 4 is 61.4 Å². The van der Waals surface area contributed by atoms with Gasteiger partial charge in [-0.15, -0.1) is 0 Å². The van der Waals surface area contributed by atoms with Gasteiger partial charge in [0.25, 0.3) is 0 Å². The van der Waals surface area contributed by atoms with Crippen molar-refractivity contribution in [2.45, 2.75) is 34.6 Å². The Balaban J connectivity index is 1.30. The molecular formula is C54H38BN3. The summed E-state index contributed by atoms with van der Waals surface area (Å²) in [7, 11) is 0. The minimum Gasteiger partial charge on any atom is -0.375 e. The van der Waals surface area contributed by atoms with Gasteiger partial charge >= 0.3 is 6.85 Å². The van der Waals surface area contributed by atoms with Crippen molar-refractivity contribution in [2.75, 3.05) is 0 Å². The molecule has 0 radical (unpaired) electrons. The molecule has 2 aromatic heterocycles. The summed E-state index contributed by atoms with van der Waals surface area (Å²) in [6, 6.07) is 54.2. The number of nitrogens with zero attached hydrogens (tertiary/aromatic N) is 3. The number of hydrogen-bond donors (Lipinski definition) is 0. The van der Waals surface area contributed by atoms with E-state index >= 15 is 0 Å². The van der Waals surface area contributed by atoms with E-state index in [0.29, 0.717) is 5.56 Å².